The van der Waals surface area contributed by atoms with Crippen LogP contribution in [-0.4, -0.2) is 5.91 Å². The zero-order valence-corrected chi connectivity index (χ0v) is 14.1. The zero-order valence-electron chi connectivity index (χ0n) is 12.5. The maximum absolute atomic E-state index is 12.2. The van der Waals surface area contributed by atoms with Gasteiger partial charge in [0.05, 0.1) is 12.0 Å². The van der Waals surface area contributed by atoms with E-state index in [1.165, 1.54) is 11.3 Å². The molecule has 2 aromatic heterocycles. The van der Waals surface area contributed by atoms with Crippen LogP contribution in [0.15, 0.2) is 47.8 Å². The molecule has 3 aromatic rings. The van der Waals surface area contributed by atoms with Gasteiger partial charge in [-0.2, -0.15) is 5.26 Å². The third kappa shape index (κ3) is 3.34. The number of rotatable bonds is 4. The molecule has 0 bridgehead atoms. The minimum Gasteiger partial charge on any atom is -0.316 e. The van der Waals surface area contributed by atoms with Crippen LogP contribution < -0.4 is 5.32 Å². The van der Waals surface area contributed by atoms with Gasteiger partial charge in [0.2, 0.25) is 5.91 Å². The summed E-state index contributed by atoms with van der Waals surface area (Å²) in [5, 5.41) is 15.0. The Bertz CT molecular complexity index is 859. The molecular formula is C18H14N2OS2. The van der Waals surface area contributed by atoms with E-state index < -0.39 is 0 Å². The lowest BCUT2D eigenvalue weighted by Crippen LogP contribution is -2.13. The first kappa shape index (κ1) is 15.5. The number of nitriles is 1. The van der Waals surface area contributed by atoms with E-state index in [0.29, 0.717) is 17.0 Å². The molecule has 0 saturated heterocycles. The molecular weight excluding hydrogens is 324 g/mol. The summed E-state index contributed by atoms with van der Waals surface area (Å²) in [4.78, 5) is 14.2. The van der Waals surface area contributed by atoms with Crippen LogP contribution in [0.2, 0.25) is 0 Å². The number of thiophene rings is 2. The molecule has 0 radical (unpaired) electrons. The van der Waals surface area contributed by atoms with Gasteiger partial charge in [0.15, 0.2) is 0 Å². The Kier molecular flexibility index (Phi) is 4.56. The molecule has 2 heterocycles. The Morgan fingerprint density at radius 1 is 1.22 bits per heavy atom. The molecule has 0 atom stereocenters. The van der Waals surface area contributed by atoms with Crippen LogP contribution in [0.5, 0.6) is 0 Å². The summed E-state index contributed by atoms with van der Waals surface area (Å²) < 4.78 is 0. The van der Waals surface area contributed by atoms with Crippen molar-refractivity contribution in [2.45, 2.75) is 13.3 Å². The number of carbonyl (C=O) groups is 1. The number of hydrogen-bond donors (Lipinski definition) is 1. The Hall–Kier alpha value is -2.42. The number of aryl methyl sites for hydroxylation is 1. The lowest BCUT2D eigenvalue weighted by atomic mass is 10.0. The molecule has 0 spiro atoms. The van der Waals surface area contributed by atoms with Crippen molar-refractivity contribution >= 4 is 33.6 Å². The van der Waals surface area contributed by atoms with E-state index in [-0.39, 0.29) is 5.91 Å². The van der Waals surface area contributed by atoms with Crippen LogP contribution in [0.4, 0.5) is 5.00 Å². The van der Waals surface area contributed by atoms with Gasteiger partial charge in [0, 0.05) is 15.3 Å². The van der Waals surface area contributed by atoms with Gasteiger partial charge in [-0.3, -0.25) is 4.79 Å². The third-order valence-electron chi connectivity index (χ3n) is 3.43. The average Bonchev–Trinajstić information content (AvgIpc) is 3.15. The van der Waals surface area contributed by atoms with Crippen molar-refractivity contribution < 1.29 is 4.79 Å². The number of amides is 1. The second-order valence-electron chi connectivity index (χ2n) is 5.02. The van der Waals surface area contributed by atoms with E-state index in [9.17, 15) is 10.1 Å². The van der Waals surface area contributed by atoms with E-state index in [2.05, 4.69) is 11.4 Å². The normalized spacial score (nSPS) is 10.3. The summed E-state index contributed by atoms with van der Waals surface area (Å²) in [7, 11) is 0. The molecule has 1 amide bonds. The Balaban J connectivity index is 1.89. The van der Waals surface area contributed by atoms with Gasteiger partial charge in [0.25, 0.3) is 0 Å². The quantitative estimate of drug-likeness (QED) is 0.740. The van der Waals surface area contributed by atoms with Crippen LogP contribution in [0.3, 0.4) is 0 Å². The van der Waals surface area contributed by atoms with Crippen molar-refractivity contribution in [3.8, 4) is 17.2 Å². The molecule has 0 aliphatic carbocycles. The van der Waals surface area contributed by atoms with Gasteiger partial charge in [-0.05, 0) is 23.9 Å². The lowest BCUT2D eigenvalue weighted by molar-refractivity contribution is -0.115. The van der Waals surface area contributed by atoms with E-state index in [0.717, 1.165) is 20.9 Å². The van der Waals surface area contributed by atoms with Gasteiger partial charge in [-0.25, -0.2) is 0 Å². The molecule has 5 heteroatoms. The van der Waals surface area contributed by atoms with E-state index in [1.54, 1.807) is 11.3 Å². The second kappa shape index (κ2) is 6.78. The maximum atomic E-state index is 12.2. The predicted molar refractivity (Wildman–Crippen MR) is 95.9 cm³/mol. The number of nitrogens with one attached hydrogen (secondary N) is 1. The number of hydrogen-bond acceptors (Lipinski definition) is 4. The van der Waals surface area contributed by atoms with Gasteiger partial charge in [-0.15, -0.1) is 22.7 Å². The highest BCUT2D eigenvalue weighted by atomic mass is 32.1. The van der Waals surface area contributed by atoms with E-state index in [4.69, 9.17) is 0 Å². The second-order valence-corrected chi connectivity index (χ2v) is 7.28. The molecule has 3 rings (SSSR count). The highest BCUT2D eigenvalue weighted by Gasteiger charge is 2.18. The van der Waals surface area contributed by atoms with E-state index >= 15 is 0 Å². The van der Waals surface area contributed by atoms with Gasteiger partial charge >= 0.3 is 0 Å². The first-order chi connectivity index (χ1) is 11.2. The monoisotopic (exact) mass is 338 g/mol. The number of nitrogens with zero attached hydrogens (tertiary/aromatic N) is 1. The summed E-state index contributed by atoms with van der Waals surface area (Å²) in [6, 6.07) is 15.9. The molecule has 0 unspecified atom stereocenters. The summed E-state index contributed by atoms with van der Waals surface area (Å²) >= 11 is 3.00. The minimum atomic E-state index is -0.0928. The lowest BCUT2D eigenvalue weighted by Gasteiger charge is -2.03. The third-order valence-corrected chi connectivity index (χ3v) is 5.32. The van der Waals surface area contributed by atoms with Gasteiger partial charge in [-0.1, -0.05) is 36.4 Å². The highest BCUT2D eigenvalue weighted by molar-refractivity contribution is 7.17. The van der Waals surface area contributed by atoms with Crippen molar-refractivity contribution in [1.82, 2.24) is 0 Å². The smallest absolute Gasteiger partial charge is 0.230 e. The van der Waals surface area contributed by atoms with Crippen LogP contribution in [0.1, 0.15) is 15.3 Å². The van der Waals surface area contributed by atoms with Crippen molar-refractivity contribution in [2.24, 2.45) is 0 Å². The molecule has 0 aliphatic rings. The fourth-order valence-electron chi connectivity index (χ4n) is 2.43. The molecule has 1 N–H and O–H groups in total. The van der Waals surface area contributed by atoms with Crippen molar-refractivity contribution in [2.75, 3.05) is 5.32 Å². The van der Waals surface area contributed by atoms with Crippen molar-refractivity contribution in [3.63, 3.8) is 0 Å². The summed E-state index contributed by atoms with van der Waals surface area (Å²) in [6.07, 6.45) is 0.333. The summed E-state index contributed by atoms with van der Waals surface area (Å²) in [6.45, 7) is 1.97. The number of anilines is 1. The van der Waals surface area contributed by atoms with Crippen molar-refractivity contribution in [1.29, 1.82) is 5.26 Å². The first-order valence-corrected chi connectivity index (χ1v) is 8.80. The summed E-state index contributed by atoms with van der Waals surface area (Å²) in [5.41, 5.74) is 2.44. The molecule has 114 valence electrons. The fourth-order valence-corrected chi connectivity index (χ4v) is 4.18. The standard InChI is InChI=1S/C18H14N2OS2/c1-12-17(13-6-3-2-4-7-13)15(11-19)18(23-12)20-16(21)10-14-8-5-9-22-14/h2-9H,10H2,1H3,(H,20,21). The predicted octanol–water partition coefficient (Wildman–Crippen LogP) is 4.84. The number of benzene rings is 1. The maximum Gasteiger partial charge on any atom is 0.230 e. The topological polar surface area (TPSA) is 52.9 Å². The molecule has 3 nitrogen and oxygen atoms in total. The number of carbonyl (C=O) groups excluding carboxylic acids is 1. The first-order valence-electron chi connectivity index (χ1n) is 7.10. The van der Waals surface area contributed by atoms with Crippen molar-refractivity contribution in [3.05, 3.63) is 63.2 Å². The molecule has 23 heavy (non-hydrogen) atoms. The fraction of sp³-hybridized carbons (Fsp3) is 0.111. The molecule has 0 fully saturated rings. The van der Waals surface area contributed by atoms with Gasteiger partial charge < -0.3 is 5.32 Å². The van der Waals surface area contributed by atoms with E-state index in [1.807, 2.05) is 54.8 Å². The molecule has 0 aliphatic heterocycles. The Labute approximate surface area is 142 Å². The van der Waals surface area contributed by atoms with Crippen LogP contribution in [0.25, 0.3) is 11.1 Å². The SMILES string of the molecule is Cc1sc(NC(=O)Cc2cccs2)c(C#N)c1-c1ccccc1. The van der Waals surface area contributed by atoms with Crippen LogP contribution in [-0.2, 0) is 11.2 Å². The highest BCUT2D eigenvalue weighted by Crippen LogP contribution is 2.39. The van der Waals surface area contributed by atoms with Gasteiger partial charge in [0.1, 0.15) is 11.1 Å². The average molecular weight is 338 g/mol. The minimum absolute atomic E-state index is 0.0928. The zero-order chi connectivity index (χ0) is 16.2. The van der Waals surface area contributed by atoms with Crippen LogP contribution >= 0.6 is 22.7 Å². The molecule has 0 saturated carbocycles. The largest absolute Gasteiger partial charge is 0.316 e. The Morgan fingerprint density at radius 3 is 2.65 bits per heavy atom. The molecule has 1 aromatic carbocycles. The Morgan fingerprint density at radius 2 is 2.00 bits per heavy atom. The van der Waals surface area contributed by atoms with Crippen LogP contribution in [0, 0.1) is 18.3 Å². The summed E-state index contributed by atoms with van der Waals surface area (Å²) in [5.74, 6) is -0.0928.